The first-order valence-electron chi connectivity index (χ1n) is 6.84. The third-order valence-corrected chi connectivity index (χ3v) is 4.55. The molecule has 21 heavy (non-hydrogen) atoms. The van der Waals surface area contributed by atoms with Gasteiger partial charge in [0.05, 0.1) is 34.6 Å². The Hall–Kier alpha value is -1.60. The minimum absolute atomic E-state index is 0.115. The molecule has 1 aliphatic rings. The lowest BCUT2D eigenvalue weighted by atomic mass is 10.00. The average Bonchev–Trinajstić information content (AvgIpc) is 2.92. The maximum atomic E-state index is 11.7. The molecule has 1 saturated carbocycles. The number of nitrogens with two attached hydrogens (primary N) is 1. The van der Waals surface area contributed by atoms with E-state index in [4.69, 9.17) is 5.73 Å². The summed E-state index contributed by atoms with van der Waals surface area (Å²) in [5, 5.41) is 17.9. The van der Waals surface area contributed by atoms with Gasteiger partial charge in [0.2, 0.25) is 0 Å². The number of hydrogen-bond acceptors (Lipinski definition) is 4. The Balaban J connectivity index is 2.10. The predicted octanol–water partition coefficient (Wildman–Crippen LogP) is 1.91. The van der Waals surface area contributed by atoms with Crippen LogP contribution in [0.5, 0.6) is 0 Å². The molecule has 3 rings (SSSR count). The minimum atomic E-state index is -0.793. The highest BCUT2D eigenvalue weighted by molar-refractivity contribution is 9.10. The van der Waals surface area contributed by atoms with Crippen LogP contribution in [0.2, 0.25) is 0 Å². The van der Waals surface area contributed by atoms with Crippen LogP contribution >= 0.6 is 15.9 Å². The van der Waals surface area contributed by atoms with Crippen LogP contribution in [0.1, 0.15) is 36.5 Å². The molecule has 1 amide bonds. The molecule has 2 heterocycles. The molecule has 1 fully saturated rings. The van der Waals surface area contributed by atoms with Crippen molar-refractivity contribution in [2.45, 2.75) is 37.8 Å². The van der Waals surface area contributed by atoms with Gasteiger partial charge in [-0.15, -0.1) is 0 Å². The highest BCUT2D eigenvalue weighted by atomic mass is 79.9. The van der Waals surface area contributed by atoms with Gasteiger partial charge < -0.3 is 16.2 Å². The highest BCUT2D eigenvalue weighted by Crippen LogP contribution is 2.34. The lowest BCUT2D eigenvalue weighted by Crippen LogP contribution is -2.40. The number of halogens is 1. The topological polar surface area (TPSA) is 92.6 Å². The molecule has 1 aliphatic carbocycles. The molecule has 0 radical (unpaired) electrons. The van der Waals surface area contributed by atoms with Crippen molar-refractivity contribution in [2.24, 2.45) is 5.73 Å². The fourth-order valence-electron chi connectivity index (χ4n) is 2.91. The summed E-state index contributed by atoms with van der Waals surface area (Å²) < 4.78 is 2.53. The number of primary amides is 1. The predicted molar refractivity (Wildman–Crippen MR) is 83.3 cm³/mol. The number of nitrogens with one attached hydrogen (secondary N) is 1. The van der Waals surface area contributed by atoms with Crippen molar-refractivity contribution < 1.29 is 9.90 Å². The van der Waals surface area contributed by atoms with E-state index in [9.17, 15) is 9.90 Å². The van der Waals surface area contributed by atoms with Crippen molar-refractivity contribution in [3.8, 4) is 0 Å². The van der Waals surface area contributed by atoms with Gasteiger partial charge >= 0.3 is 0 Å². The first-order chi connectivity index (χ1) is 9.88. The standard InChI is InChI=1S/C14H17BrN4O2/c1-14(21)4-2-3-11(14)18-12-9(13(16)20)6-17-19-7-8(15)5-10(12)19/h5-7,11,18,21H,2-4H2,1H3,(H2,16,20)/t11-,14+/m1/s1. The largest absolute Gasteiger partial charge is 0.388 e. The van der Waals surface area contributed by atoms with E-state index in [0.29, 0.717) is 11.3 Å². The van der Waals surface area contributed by atoms with E-state index in [1.807, 2.05) is 13.0 Å². The summed E-state index contributed by atoms with van der Waals surface area (Å²) >= 11 is 3.40. The van der Waals surface area contributed by atoms with Crippen LogP contribution < -0.4 is 11.1 Å². The Morgan fingerprint density at radius 1 is 1.67 bits per heavy atom. The molecule has 0 bridgehead atoms. The number of amides is 1. The summed E-state index contributed by atoms with van der Waals surface area (Å²) in [6.07, 6.45) is 5.79. The number of carbonyl (C=O) groups is 1. The Bertz CT molecular complexity index is 710. The SMILES string of the molecule is C[C@]1(O)CCC[C@H]1Nc1c(C(N)=O)cnn2cc(Br)cc12. The lowest BCUT2D eigenvalue weighted by molar-refractivity contribution is 0.0578. The van der Waals surface area contributed by atoms with Gasteiger partial charge in [-0.3, -0.25) is 4.79 Å². The van der Waals surface area contributed by atoms with Crippen molar-refractivity contribution >= 4 is 33.0 Å². The Morgan fingerprint density at radius 3 is 3.05 bits per heavy atom. The number of aromatic nitrogens is 2. The second-order valence-electron chi connectivity index (χ2n) is 5.73. The number of aliphatic hydroxyl groups is 1. The first kappa shape index (κ1) is 14.3. The number of carbonyl (C=O) groups excluding carboxylic acids is 1. The second-order valence-corrected chi connectivity index (χ2v) is 6.65. The zero-order valence-corrected chi connectivity index (χ0v) is 13.2. The van der Waals surface area contributed by atoms with Crippen LogP contribution in [0.3, 0.4) is 0 Å². The summed E-state index contributed by atoms with van der Waals surface area (Å²) in [5.74, 6) is -0.539. The maximum Gasteiger partial charge on any atom is 0.252 e. The number of anilines is 1. The van der Waals surface area contributed by atoms with E-state index < -0.39 is 11.5 Å². The van der Waals surface area contributed by atoms with Crippen molar-refractivity contribution in [2.75, 3.05) is 5.32 Å². The molecular formula is C14H17BrN4O2. The molecule has 0 aromatic carbocycles. The van der Waals surface area contributed by atoms with E-state index in [2.05, 4.69) is 26.3 Å². The van der Waals surface area contributed by atoms with Gasteiger partial charge in [-0.25, -0.2) is 4.52 Å². The molecule has 0 saturated heterocycles. The normalized spacial score (nSPS) is 25.4. The van der Waals surface area contributed by atoms with E-state index in [0.717, 1.165) is 29.3 Å². The van der Waals surface area contributed by atoms with E-state index in [1.54, 1.807) is 10.7 Å². The van der Waals surface area contributed by atoms with Gasteiger partial charge in [0, 0.05) is 10.7 Å². The molecule has 112 valence electrons. The van der Waals surface area contributed by atoms with Crippen molar-refractivity contribution in [3.05, 3.63) is 28.5 Å². The van der Waals surface area contributed by atoms with Crippen molar-refractivity contribution in [1.29, 1.82) is 0 Å². The Kier molecular flexibility index (Phi) is 3.41. The van der Waals surface area contributed by atoms with Crippen LogP contribution in [0.25, 0.3) is 5.52 Å². The van der Waals surface area contributed by atoms with Gasteiger partial charge in [0.25, 0.3) is 5.91 Å². The Morgan fingerprint density at radius 2 is 2.43 bits per heavy atom. The highest BCUT2D eigenvalue weighted by Gasteiger charge is 2.37. The van der Waals surface area contributed by atoms with E-state index in [1.165, 1.54) is 6.20 Å². The molecular weight excluding hydrogens is 336 g/mol. The van der Waals surface area contributed by atoms with Gasteiger partial charge in [-0.05, 0) is 48.2 Å². The maximum absolute atomic E-state index is 11.7. The number of rotatable bonds is 3. The quantitative estimate of drug-likeness (QED) is 0.786. The smallest absolute Gasteiger partial charge is 0.252 e. The minimum Gasteiger partial charge on any atom is -0.388 e. The van der Waals surface area contributed by atoms with Crippen LogP contribution in [-0.2, 0) is 0 Å². The zero-order valence-electron chi connectivity index (χ0n) is 11.6. The fraction of sp³-hybridized carbons (Fsp3) is 0.429. The number of fused-ring (bicyclic) bond motifs is 1. The van der Waals surface area contributed by atoms with Gasteiger partial charge in [-0.2, -0.15) is 5.10 Å². The summed E-state index contributed by atoms with van der Waals surface area (Å²) in [6, 6.07) is 1.75. The second kappa shape index (κ2) is 4.99. The molecule has 4 N–H and O–H groups in total. The van der Waals surface area contributed by atoms with Crippen LogP contribution in [-0.4, -0.2) is 32.3 Å². The summed E-state index contributed by atoms with van der Waals surface area (Å²) in [4.78, 5) is 11.7. The lowest BCUT2D eigenvalue weighted by Gasteiger charge is -2.28. The van der Waals surface area contributed by atoms with Crippen LogP contribution in [0.4, 0.5) is 5.69 Å². The average molecular weight is 353 g/mol. The number of hydrogen-bond donors (Lipinski definition) is 3. The number of nitrogens with zero attached hydrogens (tertiary/aromatic N) is 2. The monoisotopic (exact) mass is 352 g/mol. The van der Waals surface area contributed by atoms with Gasteiger partial charge in [0.1, 0.15) is 0 Å². The van der Waals surface area contributed by atoms with Crippen LogP contribution in [0, 0.1) is 0 Å². The fourth-order valence-corrected chi connectivity index (χ4v) is 3.33. The van der Waals surface area contributed by atoms with Crippen molar-refractivity contribution in [3.63, 3.8) is 0 Å². The molecule has 0 aliphatic heterocycles. The van der Waals surface area contributed by atoms with E-state index in [-0.39, 0.29) is 6.04 Å². The molecule has 0 spiro atoms. The van der Waals surface area contributed by atoms with Gasteiger partial charge in [-0.1, -0.05) is 0 Å². The summed E-state index contributed by atoms with van der Waals surface area (Å²) in [7, 11) is 0. The third kappa shape index (κ3) is 2.51. The van der Waals surface area contributed by atoms with Crippen molar-refractivity contribution in [1.82, 2.24) is 9.61 Å². The van der Waals surface area contributed by atoms with Crippen LogP contribution in [0.15, 0.2) is 22.9 Å². The first-order valence-corrected chi connectivity index (χ1v) is 7.63. The molecule has 2 aromatic rings. The molecule has 2 atom stereocenters. The molecule has 7 heteroatoms. The molecule has 0 unspecified atom stereocenters. The molecule has 6 nitrogen and oxygen atoms in total. The Labute approximate surface area is 130 Å². The van der Waals surface area contributed by atoms with E-state index >= 15 is 0 Å². The third-order valence-electron chi connectivity index (χ3n) is 4.11. The zero-order chi connectivity index (χ0) is 15.2. The summed E-state index contributed by atoms with van der Waals surface area (Å²) in [6.45, 7) is 1.81. The summed E-state index contributed by atoms with van der Waals surface area (Å²) in [5.41, 5.74) is 6.36. The van der Waals surface area contributed by atoms with Gasteiger partial charge in [0.15, 0.2) is 0 Å². The molecule has 2 aromatic heterocycles.